The first kappa shape index (κ1) is 19.8. The van der Waals surface area contributed by atoms with Gasteiger partial charge in [-0.05, 0) is 11.0 Å². The largest absolute Gasteiger partial charge is 0.504 e. The van der Waals surface area contributed by atoms with Gasteiger partial charge in [0, 0.05) is 12.5 Å². The maximum Gasteiger partial charge on any atom is 0.504 e. The molecule has 0 aliphatic carbocycles. The minimum Gasteiger partial charge on any atom is -0.425 e. The SMILES string of the molecule is CC(C)C(=O)OC(OC(=O)NCCCO[P+](C)=O)C(C)C. The van der Waals surface area contributed by atoms with E-state index in [1.54, 1.807) is 27.7 Å². The molecule has 0 rings (SSSR count). The number of esters is 1. The molecule has 1 amide bonds. The lowest BCUT2D eigenvalue weighted by molar-refractivity contribution is -0.178. The highest BCUT2D eigenvalue weighted by Gasteiger charge is 2.23. The summed E-state index contributed by atoms with van der Waals surface area (Å²) in [7, 11) is -1.62. The lowest BCUT2D eigenvalue weighted by atomic mass is 10.2. The Bertz CT molecular complexity index is 359. The third-order valence-electron chi connectivity index (χ3n) is 2.33. The zero-order valence-corrected chi connectivity index (χ0v) is 14.1. The number of rotatable bonds is 9. The van der Waals surface area contributed by atoms with Gasteiger partial charge in [0.15, 0.2) is 6.66 Å². The molecule has 122 valence electrons. The van der Waals surface area contributed by atoms with Crippen LogP contribution in [-0.2, 0) is 23.4 Å². The monoisotopic (exact) mass is 322 g/mol. The molecular formula is C13H25NO6P+. The third-order valence-corrected chi connectivity index (χ3v) is 2.88. The molecule has 1 N–H and O–H groups in total. The first-order chi connectivity index (χ1) is 9.73. The fourth-order valence-corrected chi connectivity index (χ4v) is 1.54. The number of ether oxygens (including phenoxy) is 2. The summed E-state index contributed by atoms with van der Waals surface area (Å²) in [6.07, 6.45) is -1.06. The molecule has 7 nitrogen and oxygen atoms in total. The zero-order valence-electron chi connectivity index (χ0n) is 13.3. The molecule has 0 aromatic heterocycles. The predicted octanol–water partition coefficient (Wildman–Crippen LogP) is 2.67. The Labute approximate surface area is 126 Å². The molecule has 0 aliphatic heterocycles. The Morgan fingerprint density at radius 3 is 2.24 bits per heavy atom. The Kier molecular flexibility index (Phi) is 9.91. The van der Waals surface area contributed by atoms with Crippen LogP contribution in [-0.4, -0.2) is 38.2 Å². The number of carbonyl (C=O) groups excluding carboxylic acids is 2. The molecule has 0 bridgehead atoms. The van der Waals surface area contributed by atoms with Gasteiger partial charge in [0.25, 0.3) is 6.29 Å². The first-order valence-corrected chi connectivity index (χ1v) is 8.55. The minimum absolute atomic E-state index is 0.147. The quantitative estimate of drug-likeness (QED) is 0.304. The van der Waals surface area contributed by atoms with Gasteiger partial charge in [-0.1, -0.05) is 27.7 Å². The lowest BCUT2D eigenvalue weighted by Crippen LogP contribution is -2.36. The highest BCUT2D eigenvalue weighted by molar-refractivity contribution is 7.38. The van der Waals surface area contributed by atoms with Gasteiger partial charge in [-0.25, -0.2) is 4.79 Å². The summed E-state index contributed by atoms with van der Waals surface area (Å²) < 4.78 is 25.7. The van der Waals surface area contributed by atoms with Gasteiger partial charge in [-0.15, -0.1) is 4.52 Å². The van der Waals surface area contributed by atoms with E-state index in [4.69, 9.17) is 14.0 Å². The summed E-state index contributed by atoms with van der Waals surface area (Å²) in [6, 6.07) is 0. The summed E-state index contributed by atoms with van der Waals surface area (Å²) in [5.74, 6) is -0.848. The molecule has 0 radical (unpaired) electrons. The van der Waals surface area contributed by atoms with Crippen molar-refractivity contribution in [1.82, 2.24) is 5.32 Å². The molecule has 8 heteroatoms. The summed E-state index contributed by atoms with van der Waals surface area (Å²) in [4.78, 5) is 23.1. The second-order valence-electron chi connectivity index (χ2n) is 5.16. The number of amides is 1. The molecule has 0 saturated carbocycles. The highest BCUT2D eigenvalue weighted by Crippen LogP contribution is 2.14. The van der Waals surface area contributed by atoms with Crippen molar-refractivity contribution in [3.05, 3.63) is 0 Å². The van der Waals surface area contributed by atoms with Gasteiger partial charge in [-0.2, -0.15) is 0 Å². The molecular weight excluding hydrogens is 297 g/mol. The Morgan fingerprint density at radius 2 is 1.76 bits per heavy atom. The maximum absolute atomic E-state index is 11.6. The van der Waals surface area contributed by atoms with Crippen LogP contribution in [0.5, 0.6) is 0 Å². The van der Waals surface area contributed by atoms with Gasteiger partial charge in [0.2, 0.25) is 0 Å². The summed E-state index contributed by atoms with van der Waals surface area (Å²) in [6.45, 7) is 9.07. The van der Waals surface area contributed by atoms with Crippen LogP contribution >= 0.6 is 8.03 Å². The Hall–Kier alpha value is -1.20. The third kappa shape index (κ3) is 10.2. The molecule has 0 heterocycles. The molecule has 0 saturated heterocycles. The van der Waals surface area contributed by atoms with Crippen LogP contribution in [0, 0.1) is 11.8 Å². The van der Waals surface area contributed by atoms with Crippen LogP contribution < -0.4 is 5.32 Å². The van der Waals surface area contributed by atoms with Gasteiger partial charge >= 0.3 is 20.1 Å². The Morgan fingerprint density at radius 1 is 1.14 bits per heavy atom. The lowest BCUT2D eigenvalue weighted by Gasteiger charge is -2.22. The van der Waals surface area contributed by atoms with Crippen molar-refractivity contribution >= 4 is 20.1 Å². The molecule has 0 fully saturated rings. The summed E-state index contributed by atoms with van der Waals surface area (Å²) in [5.41, 5.74) is 0. The number of alkyl carbamates (subject to hydrolysis) is 1. The fraction of sp³-hybridized carbons (Fsp3) is 0.846. The molecule has 0 aliphatic rings. The van der Waals surface area contributed by atoms with Gasteiger partial charge < -0.3 is 14.8 Å². The van der Waals surface area contributed by atoms with Gasteiger partial charge in [0.1, 0.15) is 6.61 Å². The van der Waals surface area contributed by atoms with Gasteiger partial charge in [-0.3, -0.25) is 4.79 Å². The number of hydrogen-bond acceptors (Lipinski definition) is 6. The van der Waals surface area contributed by atoms with E-state index in [2.05, 4.69) is 5.32 Å². The van der Waals surface area contributed by atoms with Crippen LogP contribution in [0.25, 0.3) is 0 Å². The van der Waals surface area contributed by atoms with Gasteiger partial charge in [0.05, 0.1) is 5.92 Å². The van der Waals surface area contributed by atoms with E-state index in [0.29, 0.717) is 19.6 Å². The Balaban J connectivity index is 4.06. The van der Waals surface area contributed by atoms with E-state index < -0.39 is 26.4 Å². The summed E-state index contributed by atoms with van der Waals surface area (Å²) in [5, 5.41) is 2.52. The van der Waals surface area contributed by atoms with E-state index in [1.165, 1.54) is 6.66 Å². The number of carbonyl (C=O) groups is 2. The van der Waals surface area contributed by atoms with E-state index >= 15 is 0 Å². The van der Waals surface area contributed by atoms with Crippen LogP contribution in [0.4, 0.5) is 4.79 Å². The van der Waals surface area contributed by atoms with Crippen LogP contribution in [0.3, 0.4) is 0 Å². The number of nitrogens with one attached hydrogen (secondary N) is 1. The van der Waals surface area contributed by atoms with Crippen molar-refractivity contribution in [2.24, 2.45) is 11.8 Å². The van der Waals surface area contributed by atoms with Crippen molar-refractivity contribution in [3.63, 3.8) is 0 Å². The molecule has 0 spiro atoms. The molecule has 2 unspecified atom stereocenters. The first-order valence-electron chi connectivity index (χ1n) is 6.92. The standard InChI is InChI=1S/C13H24NO6P/c1-9(2)11(15)19-12(10(3)4)20-13(16)14-7-6-8-18-21(5)17/h9-10,12H,6-8H2,1-5H3/p+1. The second-order valence-corrected chi connectivity index (χ2v) is 6.30. The predicted molar refractivity (Wildman–Crippen MR) is 78.1 cm³/mol. The maximum atomic E-state index is 11.6. The average molecular weight is 322 g/mol. The minimum atomic E-state index is -1.62. The topological polar surface area (TPSA) is 90.9 Å². The summed E-state index contributed by atoms with van der Waals surface area (Å²) >= 11 is 0. The van der Waals surface area contributed by atoms with E-state index in [0.717, 1.165) is 0 Å². The van der Waals surface area contributed by atoms with E-state index in [9.17, 15) is 14.2 Å². The highest BCUT2D eigenvalue weighted by atomic mass is 31.1. The van der Waals surface area contributed by atoms with Crippen molar-refractivity contribution < 1.29 is 28.2 Å². The normalized spacial score (nSPS) is 13.0. The molecule has 0 aromatic carbocycles. The second kappa shape index (κ2) is 10.5. The van der Waals surface area contributed by atoms with Crippen molar-refractivity contribution in [3.8, 4) is 0 Å². The average Bonchev–Trinajstić information content (AvgIpc) is 2.36. The van der Waals surface area contributed by atoms with Crippen LogP contribution in [0.2, 0.25) is 0 Å². The van der Waals surface area contributed by atoms with Crippen molar-refractivity contribution in [1.29, 1.82) is 0 Å². The smallest absolute Gasteiger partial charge is 0.425 e. The van der Waals surface area contributed by atoms with E-state index in [1.807, 2.05) is 0 Å². The fourth-order valence-electron chi connectivity index (χ4n) is 1.15. The molecule has 2 atom stereocenters. The molecule has 21 heavy (non-hydrogen) atoms. The van der Waals surface area contributed by atoms with E-state index in [-0.39, 0.29) is 11.8 Å². The zero-order chi connectivity index (χ0) is 16.4. The number of hydrogen-bond donors (Lipinski definition) is 1. The van der Waals surface area contributed by atoms with Crippen molar-refractivity contribution in [2.45, 2.75) is 40.4 Å². The van der Waals surface area contributed by atoms with Crippen LogP contribution in [0.15, 0.2) is 0 Å². The van der Waals surface area contributed by atoms with Crippen molar-refractivity contribution in [2.75, 3.05) is 19.8 Å². The molecule has 0 aromatic rings. The van der Waals surface area contributed by atoms with Crippen LogP contribution in [0.1, 0.15) is 34.1 Å².